The number of benzene rings is 1. The summed E-state index contributed by atoms with van der Waals surface area (Å²) in [6.45, 7) is 23.1. The number of non-ortho nitro benzene ring substituents is 1. The van der Waals surface area contributed by atoms with Crippen molar-refractivity contribution in [2.45, 2.75) is 205 Å². The van der Waals surface area contributed by atoms with Crippen molar-refractivity contribution in [3.05, 3.63) is 68.9 Å². The topological polar surface area (TPSA) is 258 Å². The van der Waals surface area contributed by atoms with Crippen molar-refractivity contribution in [2.24, 2.45) is 28.8 Å². The SMILES string of the molecule is C=C1CO[C@@H]2[C@@H](C)C(N=O)[C@H](C)C[C@@](C)(OC1)[C@H](OC1O[C@H](C)C[C@H](N(C)CCc3cn(CCc4ccc([N+](=O)[O-])cc4)nn3)[C@H]1O)[C@@H](C)C(O[C@H]1C[C@@](C)(OC)[C@@H](O)[C@H](C)O1)[C@@H](C)C(=O)O[C@H](CC)[C@@]2(C)O. The van der Waals surface area contributed by atoms with Gasteiger partial charge in [-0.15, -0.1) is 5.10 Å². The Morgan fingerprint density at radius 3 is 2.36 bits per heavy atom. The largest absolute Gasteiger partial charge is 0.459 e. The lowest BCUT2D eigenvalue weighted by atomic mass is 9.72. The van der Waals surface area contributed by atoms with Gasteiger partial charge in [-0.25, -0.2) is 0 Å². The number of aliphatic hydroxyl groups excluding tert-OH is 2. The summed E-state index contributed by atoms with van der Waals surface area (Å²) in [6, 6.07) is 5.06. The van der Waals surface area contributed by atoms with E-state index in [1.54, 1.807) is 58.4 Å². The number of ether oxygens (including phenoxy) is 8. The zero-order valence-electron chi connectivity index (χ0n) is 44.8. The van der Waals surface area contributed by atoms with Crippen LogP contribution in [0.2, 0.25) is 0 Å². The van der Waals surface area contributed by atoms with E-state index in [2.05, 4.69) is 22.1 Å². The van der Waals surface area contributed by atoms with Gasteiger partial charge in [0.25, 0.3) is 5.69 Å². The molecule has 4 aliphatic heterocycles. The van der Waals surface area contributed by atoms with Crippen LogP contribution in [0.3, 0.4) is 0 Å². The van der Waals surface area contributed by atoms with Crippen LogP contribution in [0.15, 0.2) is 47.8 Å². The van der Waals surface area contributed by atoms with Gasteiger partial charge in [0, 0.05) is 69.2 Å². The van der Waals surface area contributed by atoms with E-state index >= 15 is 0 Å². The lowest BCUT2D eigenvalue weighted by molar-refractivity contribution is -0.384. The number of nitro groups is 1. The number of nitrogens with zero attached hydrogens (tertiary/aromatic N) is 6. The summed E-state index contributed by atoms with van der Waals surface area (Å²) in [5.41, 5.74) is -1.96. The lowest BCUT2D eigenvalue weighted by Crippen LogP contribution is -2.62. The standard InChI is InChI=1S/C52H82N6O15/c1-14-40-52(11,62)47-32(5)42(54-63)30(3)24-51(10,68-28-29(2)27-67-47)46(33(6)44(34(7)48(61)71-40)72-41-25-50(9,66-13)45(60)35(8)70-41)73-49-43(59)39(23-31(4)69-49)56(12)21-20-37-26-57(55-53-37)22-19-36-15-17-38(18-16-36)58(64)65/h15-18,26,30-35,39-47,49,59-60,62H,2,14,19-25,27-28H2,1,3-13H3/t30-,31-,32+,33+,34-,35+,39+,40-,41+,42?,43-,44?,45+,46-,47-,49?,50-,51-,52-/m1/s1. The van der Waals surface area contributed by atoms with Gasteiger partial charge in [-0.2, -0.15) is 4.91 Å². The molecular formula is C52H82N6O15. The molecule has 0 amide bonds. The average Bonchev–Trinajstić information content (AvgIpc) is 3.81. The second-order valence-corrected chi connectivity index (χ2v) is 22.0. The van der Waals surface area contributed by atoms with Crippen molar-refractivity contribution in [3.8, 4) is 0 Å². The number of aryl methyl sites for hydroxylation is 2. The monoisotopic (exact) mass is 1030 g/mol. The molecule has 0 saturated carbocycles. The van der Waals surface area contributed by atoms with Crippen molar-refractivity contribution in [2.75, 3.05) is 33.9 Å². The molecule has 19 atom stereocenters. The zero-order valence-corrected chi connectivity index (χ0v) is 44.8. The highest BCUT2D eigenvalue weighted by Crippen LogP contribution is 2.44. The summed E-state index contributed by atoms with van der Waals surface area (Å²) >= 11 is 0. The van der Waals surface area contributed by atoms with Crippen LogP contribution in [0, 0.1) is 38.7 Å². The molecule has 2 aromatic rings. The fraction of sp³-hybridized carbons (Fsp3) is 0.788. The molecule has 21 heteroatoms. The molecule has 4 fully saturated rings. The van der Waals surface area contributed by atoms with Gasteiger partial charge in [0.2, 0.25) is 0 Å². The highest BCUT2D eigenvalue weighted by atomic mass is 16.7. The van der Waals surface area contributed by atoms with Crippen LogP contribution in [0.25, 0.3) is 0 Å². The fourth-order valence-corrected chi connectivity index (χ4v) is 11.7. The summed E-state index contributed by atoms with van der Waals surface area (Å²) in [5, 5.41) is 59.5. The minimum atomic E-state index is -1.80. The number of rotatable bonds is 15. The normalized spacial score (nSPS) is 40.3. The first-order valence-electron chi connectivity index (χ1n) is 25.9. The number of hydrogen-bond acceptors (Lipinski definition) is 19. The number of aromatic nitrogens is 3. The van der Waals surface area contributed by atoms with Gasteiger partial charge in [-0.05, 0) is 91.3 Å². The smallest absolute Gasteiger partial charge is 0.311 e. The van der Waals surface area contributed by atoms with Crippen LogP contribution >= 0.6 is 0 Å². The third kappa shape index (κ3) is 13.4. The Labute approximate surface area is 429 Å². The number of esters is 1. The molecule has 0 aliphatic carbocycles. The molecule has 5 heterocycles. The van der Waals surface area contributed by atoms with E-state index in [9.17, 15) is 35.1 Å². The Hall–Kier alpha value is -3.87. The van der Waals surface area contributed by atoms with Crippen LogP contribution in [0.5, 0.6) is 0 Å². The maximum atomic E-state index is 14.7. The predicted molar refractivity (Wildman–Crippen MR) is 267 cm³/mol. The number of carbonyl (C=O) groups excluding carboxylic acids is 1. The molecule has 21 nitrogen and oxygen atoms in total. The second kappa shape index (κ2) is 24.4. The van der Waals surface area contributed by atoms with Crippen molar-refractivity contribution in [1.82, 2.24) is 19.9 Å². The quantitative estimate of drug-likeness (QED) is 0.0670. The summed E-state index contributed by atoms with van der Waals surface area (Å²) in [6.07, 6.45) is -5.82. The summed E-state index contributed by atoms with van der Waals surface area (Å²) in [7, 11) is 3.43. The fourth-order valence-electron chi connectivity index (χ4n) is 11.7. The minimum Gasteiger partial charge on any atom is -0.459 e. The second-order valence-electron chi connectivity index (χ2n) is 22.0. The third-order valence-corrected chi connectivity index (χ3v) is 16.2. The summed E-state index contributed by atoms with van der Waals surface area (Å²) in [4.78, 5) is 40.5. The average molecular weight is 1030 g/mol. The van der Waals surface area contributed by atoms with E-state index < -0.39 is 119 Å². The Balaban J connectivity index is 1.34. The molecule has 4 aliphatic rings. The predicted octanol–water partition coefficient (Wildman–Crippen LogP) is 5.33. The van der Waals surface area contributed by atoms with Crippen LogP contribution in [-0.2, 0) is 62.1 Å². The van der Waals surface area contributed by atoms with Crippen molar-refractivity contribution < 1.29 is 62.9 Å². The van der Waals surface area contributed by atoms with Crippen LogP contribution in [0.4, 0.5) is 5.69 Å². The van der Waals surface area contributed by atoms with Crippen LogP contribution in [-0.4, -0.2) is 170 Å². The molecule has 0 spiro atoms. The Bertz CT molecular complexity index is 2170. The van der Waals surface area contributed by atoms with Gasteiger partial charge >= 0.3 is 5.97 Å². The maximum Gasteiger partial charge on any atom is 0.311 e. The number of nitroso groups, excluding NO2 is 1. The molecule has 0 radical (unpaired) electrons. The van der Waals surface area contributed by atoms with Crippen molar-refractivity contribution in [3.63, 3.8) is 0 Å². The Morgan fingerprint density at radius 1 is 1.01 bits per heavy atom. The Morgan fingerprint density at radius 2 is 1.71 bits per heavy atom. The van der Waals surface area contributed by atoms with Crippen LogP contribution in [0.1, 0.15) is 106 Å². The molecule has 6 rings (SSSR count). The molecule has 4 saturated heterocycles. The summed E-state index contributed by atoms with van der Waals surface area (Å²) in [5.74, 6) is -3.70. The van der Waals surface area contributed by atoms with Crippen molar-refractivity contribution >= 4 is 11.7 Å². The number of cyclic esters (lactones) is 1. The molecule has 3 unspecified atom stereocenters. The molecular weight excluding hydrogens is 949 g/mol. The molecule has 410 valence electrons. The van der Waals surface area contributed by atoms with E-state index in [1.165, 1.54) is 19.2 Å². The molecule has 1 aromatic heterocycles. The third-order valence-electron chi connectivity index (χ3n) is 16.2. The van der Waals surface area contributed by atoms with Gasteiger partial charge in [0.1, 0.15) is 23.9 Å². The van der Waals surface area contributed by atoms with Crippen molar-refractivity contribution in [1.29, 1.82) is 0 Å². The maximum absolute atomic E-state index is 14.7. The molecule has 1 aromatic carbocycles. The number of hydrogen-bond donors (Lipinski definition) is 3. The molecule has 73 heavy (non-hydrogen) atoms. The first-order chi connectivity index (χ1) is 34.4. The van der Waals surface area contributed by atoms with E-state index in [-0.39, 0.29) is 44.3 Å². The highest BCUT2D eigenvalue weighted by molar-refractivity contribution is 5.73. The number of likely N-dealkylation sites (N-methyl/N-ethyl adjacent to an activating group) is 1. The van der Waals surface area contributed by atoms with E-state index in [0.29, 0.717) is 37.9 Å². The minimum absolute atomic E-state index is 0.0171. The zero-order chi connectivity index (χ0) is 53.7. The lowest BCUT2D eigenvalue weighted by Gasteiger charge is -2.50. The van der Waals surface area contributed by atoms with E-state index in [4.69, 9.17) is 37.9 Å². The first-order valence-corrected chi connectivity index (χ1v) is 25.9. The van der Waals surface area contributed by atoms with E-state index in [1.807, 2.05) is 45.8 Å². The van der Waals surface area contributed by atoms with Gasteiger partial charge in [-0.3, -0.25) is 19.6 Å². The number of aliphatic hydroxyl groups is 3. The van der Waals surface area contributed by atoms with Gasteiger partial charge in [-0.1, -0.05) is 56.8 Å². The molecule has 3 N–H and O–H groups in total. The summed E-state index contributed by atoms with van der Waals surface area (Å²) < 4.78 is 54.3. The highest BCUT2D eigenvalue weighted by Gasteiger charge is 2.55. The number of methoxy groups -OCH3 is 1. The van der Waals surface area contributed by atoms with Gasteiger partial charge < -0.3 is 58.1 Å². The number of carbonyl (C=O) groups is 1. The first kappa shape index (κ1) is 58.4. The molecule has 2 bridgehead atoms. The number of fused-ring (bicyclic) bond motifs is 5. The van der Waals surface area contributed by atoms with Gasteiger partial charge in [0.15, 0.2) is 12.6 Å². The van der Waals surface area contributed by atoms with Gasteiger partial charge in [0.05, 0.1) is 77.5 Å². The van der Waals surface area contributed by atoms with Crippen LogP contribution < -0.4 is 0 Å². The Kier molecular flexibility index (Phi) is 19.5. The van der Waals surface area contributed by atoms with E-state index in [0.717, 1.165) is 11.3 Å². The number of nitro benzene ring substituents is 1.